The van der Waals surface area contributed by atoms with Gasteiger partial charge in [0.15, 0.2) is 0 Å². The zero-order chi connectivity index (χ0) is 19.4. The fourth-order valence-corrected chi connectivity index (χ4v) is 5.79. The molecule has 1 saturated carbocycles. The molecule has 0 radical (unpaired) electrons. The van der Waals surface area contributed by atoms with Crippen LogP contribution in [-0.2, 0) is 0 Å². The Balaban J connectivity index is 1.83. The van der Waals surface area contributed by atoms with Crippen LogP contribution in [0.15, 0.2) is 34.5 Å². The van der Waals surface area contributed by atoms with Crippen molar-refractivity contribution in [3.63, 3.8) is 0 Å². The van der Waals surface area contributed by atoms with Crippen LogP contribution in [0.1, 0.15) is 96.1 Å². The van der Waals surface area contributed by atoms with Crippen molar-refractivity contribution < 1.29 is 0 Å². The third kappa shape index (κ3) is 3.05. The Morgan fingerprint density at radius 3 is 2.15 bits per heavy atom. The topological polar surface area (TPSA) is 15.6 Å². The van der Waals surface area contributed by atoms with Gasteiger partial charge in [-0.15, -0.1) is 0 Å². The van der Waals surface area contributed by atoms with E-state index in [9.17, 15) is 0 Å². The fraction of sp³-hybridized carbons (Fsp3) is 0.640. The van der Waals surface area contributed by atoms with E-state index in [0.717, 1.165) is 11.8 Å². The van der Waals surface area contributed by atoms with Crippen molar-refractivity contribution in [3.8, 4) is 0 Å². The molecule has 0 N–H and O–H groups in total. The third-order valence-corrected chi connectivity index (χ3v) is 7.81. The minimum atomic E-state index is 0.162. The molecule has 27 heavy (non-hydrogen) atoms. The quantitative estimate of drug-likeness (QED) is 0.415. The molecule has 0 amide bonds. The van der Waals surface area contributed by atoms with E-state index in [0.29, 0.717) is 0 Å². The summed E-state index contributed by atoms with van der Waals surface area (Å²) in [5.41, 5.74) is 7.92. The summed E-state index contributed by atoms with van der Waals surface area (Å²) in [4.78, 5) is 6.86. The largest absolute Gasteiger partial charge is 0.305 e. The van der Waals surface area contributed by atoms with Gasteiger partial charge in [-0.3, -0.25) is 4.99 Å². The summed E-state index contributed by atoms with van der Waals surface area (Å²) in [6.45, 7) is 11.9. The Morgan fingerprint density at radius 2 is 1.52 bits per heavy atom. The van der Waals surface area contributed by atoms with Crippen LogP contribution in [-0.4, -0.2) is 13.4 Å². The number of benzene rings is 1. The predicted molar refractivity (Wildman–Crippen MR) is 117 cm³/mol. The van der Waals surface area contributed by atoms with Gasteiger partial charge in [0.2, 0.25) is 0 Å². The zero-order valence-electron chi connectivity index (χ0n) is 18.1. The molecular weight excluding hydrogens is 328 g/mol. The molecule has 0 heterocycles. The normalized spacial score (nSPS) is 28.5. The van der Waals surface area contributed by atoms with Crippen LogP contribution in [0.5, 0.6) is 0 Å². The standard InChI is InChI=1S/C25H36N2/c1-17-23(25(4,5)14-13-24(17,2)3)27(16-26-6)20-11-12-21-18-7-9-19(10-8-18)22(21)15-20/h11-12,15-16,18-19H,7-10,13-14H2,1-6H3. The van der Waals surface area contributed by atoms with E-state index in [2.05, 4.69) is 62.7 Å². The van der Waals surface area contributed by atoms with Gasteiger partial charge in [0.25, 0.3) is 0 Å². The van der Waals surface area contributed by atoms with Crippen molar-refractivity contribution in [2.45, 2.75) is 85.0 Å². The zero-order valence-corrected chi connectivity index (χ0v) is 18.1. The molecule has 4 aliphatic rings. The summed E-state index contributed by atoms with van der Waals surface area (Å²) in [7, 11) is 1.89. The monoisotopic (exact) mass is 364 g/mol. The van der Waals surface area contributed by atoms with Gasteiger partial charge in [-0.05, 0) is 91.5 Å². The van der Waals surface area contributed by atoms with E-state index in [1.165, 1.54) is 55.5 Å². The molecule has 1 aromatic carbocycles. The molecule has 0 saturated heterocycles. The van der Waals surface area contributed by atoms with Gasteiger partial charge in [-0.2, -0.15) is 0 Å². The van der Waals surface area contributed by atoms with Crippen molar-refractivity contribution in [3.05, 3.63) is 40.6 Å². The molecule has 0 aliphatic heterocycles. The Morgan fingerprint density at radius 1 is 0.926 bits per heavy atom. The Bertz CT molecular complexity index is 789. The lowest BCUT2D eigenvalue weighted by atomic mass is 9.65. The van der Waals surface area contributed by atoms with Crippen LogP contribution >= 0.6 is 0 Å². The van der Waals surface area contributed by atoms with Crippen LogP contribution in [0.25, 0.3) is 0 Å². The molecule has 146 valence electrons. The van der Waals surface area contributed by atoms with Gasteiger partial charge in [0.05, 0.1) is 6.34 Å². The number of rotatable bonds is 3. The average molecular weight is 365 g/mol. The maximum absolute atomic E-state index is 4.46. The SMILES string of the molecule is CN=CN(C1=C(C)C(C)(C)CCC1(C)C)c1ccc2c(c1)C1CCC2CC1. The summed E-state index contributed by atoms with van der Waals surface area (Å²) >= 11 is 0. The van der Waals surface area contributed by atoms with Crippen molar-refractivity contribution in [1.29, 1.82) is 0 Å². The molecule has 0 atom stereocenters. The van der Waals surface area contributed by atoms with Crippen LogP contribution in [0, 0.1) is 10.8 Å². The van der Waals surface area contributed by atoms with Crippen LogP contribution in [0.3, 0.4) is 0 Å². The number of aliphatic imine (C=N–C) groups is 1. The lowest BCUT2D eigenvalue weighted by molar-refractivity contribution is 0.259. The fourth-order valence-electron chi connectivity index (χ4n) is 5.79. The molecule has 1 fully saturated rings. The first-order valence-corrected chi connectivity index (χ1v) is 10.8. The molecule has 0 unspecified atom stereocenters. The first-order chi connectivity index (χ1) is 12.7. The van der Waals surface area contributed by atoms with Crippen molar-refractivity contribution in [2.75, 3.05) is 11.9 Å². The number of hydrogen-bond acceptors (Lipinski definition) is 1. The Kier molecular flexibility index (Phi) is 4.52. The summed E-state index contributed by atoms with van der Waals surface area (Å²) < 4.78 is 0. The van der Waals surface area contributed by atoms with Crippen LogP contribution < -0.4 is 4.90 Å². The Hall–Kier alpha value is -1.57. The van der Waals surface area contributed by atoms with E-state index in [-0.39, 0.29) is 10.8 Å². The number of nitrogens with zero attached hydrogens (tertiary/aromatic N) is 2. The second-order valence-electron chi connectivity index (χ2n) is 10.3. The first-order valence-electron chi connectivity index (χ1n) is 10.8. The van der Waals surface area contributed by atoms with E-state index in [1.807, 2.05) is 13.4 Å². The highest BCUT2D eigenvalue weighted by Gasteiger charge is 2.40. The minimum absolute atomic E-state index is 0.162. The number of fused-ring (bicyclic) bond motifs is 2. The van der Waals surface area contributed by atoms with E-state index >= 15 is 0 Å². The average Bonchev–Trinajstić information content (AvgIpc) is 2.66. The van der Waals surface area contributed by atoms with E-state index in [4.69, 9.17) is 0 Å². The van der Waals surface area contributed by atoms with Crippen LogP contribution in [0.2, 0.25) is 0 Å². The first kappa shape index (κ1) is 18.8. The van der Waals surface area contributed by atoms with Gasteiger partial charge >= 0.3 is 0 Å². The lowest BCUT2D eigenvalue weighted by Gasteiger charge is -2.46. The second-order valence-corrected chi connectivity index (χ2v) is 10.3. The van der Waals surface area contributed by atoms with Gasteiger partial charge in [-0.1, -0.05) is 33.8 Å². The molecule has 4 aliphatic carbocycles. The number of hydrogen-bond donors (Lipinski definition) is 0. The summed E-state index contributed by atoms with van der Waals surface area (Å²) in [5.74, 6) is 1.58. The maximum atomic E-state index is 4.46. The molecule has 5 rings (SSSR count). The highest BCUT2D eigenvalue weighted by atomic mass is 15.2. The predicted octanol–water partition coefficient (Wildman–Crippen LogP) is 7.03. The molecule has 0 spiro atoms. The molecular formula is C25H36N2. The van der Waals surface area contributed by atoms with Crippen molar-refractivity contribution >= 4 is 12.0 Å². The molecule has 2 heteroatoms. The smallest absolute Gasteiger partial charge is 0.0934 e. The van der Waals surface area contributed by atoms with Gasteiger partial charge in [-0.25, -0.2) is 0 Å². The van der Waals surface area contributed by atoms with Crippen LogP contribution in [0.4, 0.5) is 5.69 Å². The number of anilines is 1. The minimum Gasteiger partial charge on any atom is -0.305 e. The van der Waals surface area contributed by atoms with E-state index < -0.39 is 0 Å². The summed E-state index contributed by atoms with van der Waals surface area (Å²) in [6.07, 6.45) is 10.1. The van der Waals surface area contributed by atoms with Crippen molar-refractivity contribution in [1.82, 2.24) is 0 Å². The molecule has 0 aromatic heterocycles. The number of allylic oxidation sites excluding steroid dienone is 2. The third-order valence-electron chi connectivity index (χ3n) is 7.81. The molecule has 1 aromatic rings. The van der Waals surface area contributed by atoms with Gasteiger partial charge < -0.3 is 4.90 Å². The molecule has 2 nitrogen and oxygen atoms in total. The van der Waals surface area contributed by atoms with Gasteiger partial charge in [0.1, 0.15) is 0 Å². The highest BCUT2D eigenvalue weighted by molar-refractivity contribution is 5.85. The summed E-state index contributed by atoms with van der Waals surface area (Å²) in [5, 5.41) is 0. The van der Waals surface area contributed by atoms with E-state index in [1.54, 1.807) is 11.1 Å². The van der Waals surface area contributed by atoms with Crippen molar-refractivity contribution in [2.24, 2.45) is 15.8 Å². The Labute approximate surface area is 165 Å². The molecule has 2 bridgehead atoms. The maximum Gasteiger partial charge on any atom is 0.0934 e. The van der Waals surface area contributed by atoms with Gasteiger partial charge in [0, 0.05) is 23.8 Å². The highest BCUT2D eigenvalue weighted by Crippen LogP contribution is 2.52. The summed E-state index contributed by atoms with van der Waals surface area (Å²) in [6, 6.07) is 7.26. The lowest BCUT2D eigenvalue weighted by Crippen LogP contribution is -2.39. The second kappa shape index (κ2) is 6.50.